The van der Waals surface area contributed by atoms with E-state index in [1.54, 1.807) is 12.4 Å². The van der Waals surface area contributed by atoms with Gasteiger partial charge < -0.3 is 9.78 Å². The van der Waals surface area contributed by atoms with Crippen LogP contribution in [-0.2, 0) is 11.2 Å². The first-order valence-electron chi connectivity index (χ1n) is 6.74. The Morgan fingerprint density at radius 2 is 2.05 bits per heavy atom. The highest BCUT2D eigenvalue weighted by molar-refractivity contribution is 5.96. The minimum Gasteiger partial charge on any atom is -0.360 e. The van der Waals surface area contributed by atoms with Crippen molar-refractivity contribution in [3.8, 4) is 11.1 Å². The number of carbonyl (C=O) groups excluding carboxylic acids is 1. The molecule has 3 aromatic rings. The van der Waals surface area contributed by atoms with Gasteiger partial charge in [-0.1, -0.05) is 25.1 Å². The molecule has 0 amide bonds. The van der Waals surface area contributed by atoms with Crippen molar-refractivity contribution >= 4 is 17.2 Å². The van der Waals surface area contributed by atoms with Gasteiger partial charge in [0.2, 0.25) is 0 Å². The quantitative estimate of drug-likeness (QED) is 0.732. The molecule has 0 spiro atoms. The first kappa shape index (κ1) is 12.6. The van der Waals surface area contributed by atoms with Crippen LogP contribution in [0.5, 0.6) is 0 Å². The topological polar surface area (TPSA) is 45.8 Å². The van der Waals surface area contributed by atoms with Crippen LogP contribution in [0, 0.1) is 5.92 Å². The number of aldehydes is 1. The standard InChI is InChI=1S/C17H16N2O/c1-12(11-20)9-14-10-19-17-15(3-2-4-16(14)17)13-5-7-18-8-6-13/h2-8,10-12,19H,9H2,1H3. The van der Waals surface area contributed by atoms with Crippen LogP contribution in [0.2, 0.25) is 0 Å². The van der Waals surface area contributed by atoms with Crippen LogP contribution in [0.3, 0.4) is 0 Å². The molecule has 20 heavy (non-hydrogen) atoms. The van der Waals surface area contributed by atoms with E-state index in [0.29, 0.717) is 0 Å². The summed E-state index contributed by atoms with van der Waals surface area (Å²) in [7, 11) is 0. The summed E-state index contributed by atoms with van der Waals surface area (Å²) < 4.78 is 0. The van der Waals surface area contributed by atoms with E-state index in [2.05, 4.69) is 28.2 Å². The van der Waals surface area contributed by atoms with Crippen LogP contribution in [0.4, 0.5) is 0 Å². The van der Waals surface area contributed by atoms with E-state index in [0.717, 1.165) is 29.4 Å². The first-order valence-corrected chi connectivity index (χ1v) is 6.74. The van der Waals surface area contributed by atoms with Crippen molar-refractivity contribution in [2.24, 2.45) is 5.92 Å². The van der Waals surface area contributed by atoms with Crippen molar-refractivity contribution in [2.75, 3.05) is 0 Å². The van der Waals surface area contributed by atoms with E-state index in [9.17, 15) is 4.79 Å². The monoisotopic (exact) mass is 264 g/mol. The molecular formula is C17H16N2O. The van der Waals surface area contributed by atoms with Gasteiger partial charge in [-0.25, -0.2) is 0 Å². The fourth-order valence-corrected chi connectivity index (χ4v) is 2.55. The Morgan fingerprint density at radius 1 is 1.25 bits per heavy atom. The fraction of sp³-hybridized carbons (Fsp3) is 0.176. The normalized spacial score (nSPS) is 12.4. The highest BCUT2D eigenvalue weighted by Gasteiger charge is 2.11. The van der Waals surface area contributed by atoms with Gasteiger partial charge in [-0.2, -0.15) is 0 Å². The predicted octanol–water partition coefficient (Wildman–Crippen LogP) is 3.61. The molecule has 0 bridgehead atoms. The third-order valence-electron chi connectivity index (χ3n) is 3.57. The maximum atomic E-state index is 10.8. The van der Waals surface area contributed by atoms with Gasteiger partial charge in [-0.3, -0.25) is 4.98 Å². The number of nitrogens with one attached hydrogen (secondary N) is 1. The summed E-state index contributed by atoms with van der Waals surface area (Å²) in [4.78, 5) is 18.2. The van der Waals surface area contributed by atoms with E-state index in [1.807, 2.05) is 25.3 Å². The molecule has 2 heterocycles. The fourth-order valence-electron chi connectivity index (χ4n) is 2.55. The molecule has 0 saturated heterocycles. The first-order chi connectivity index (χ1) is 9.79. The third-order valence-corrected chi connectivity index (χ3v) is 3.57. The molecular weight excluding hydrogens is 248 g/mol. The molecule has 1 aromatic carbocycles. The molecule has 0 aliphatic carbocycles. The van der Waals surface area contributed by atoms with E-state index < -0.39 is 0 Å². The highest BCUT2D eigenvalue weighted by Crippen LogP contribution is 2.30. The number of H-pyrrole nitrogens is 1. The molecule has 3 heteroatoms. The Balaban J connectivity index is 2.10. The van der Waals surface area contributed by atoms with Gasteiger partial charge in [-0.15, -0.1) is 0 Å². The number of aromatic nitrogens is 2. The lowest BCUT2D eigenvalue weighted by molar-refractivity contribution is -0.110. The average Bonchev–Trinajstić information content (AvgIpc) is 2.91. The van der Waals surface area contributed by atoms with Crippen molar-refractivity contribution in [3.05, 3.63) is 54.5 Å². The van der Waals surface area contributed by atoms with E-state index >= 15 is 0 Å². The van der Waals surface area contributed by atoms with Crippen LogP contribution < -0.4 is 0 Å². The van der Waals surface area contributed by atoms with E-state index in [4.69, 9.17) is 0 Å². The number of pyridine rings is 1. The number of hydrogen-bond donors (Lipinski definition) is 1. The zero-order valence-electron chi connectivity index (χ0n) is 11.3. The van der Waals surface area contributed by atoms with E-state index in [-0.39, 0.29) is 5.92 Å². The average molecular weight is 264 g/mol. The summed E-state index contributed by atoms with van der Waals surface area (Å²) in [5, 5.41) is 1.19. The van der Waals surface area contributed by atoms with Crippen LogP contribution in [-0.4, -0.2) is 16.3 Å². The van der Waals surface area contributed by atoms with Crippen molar-refractivity contribution in [2.45, 2.75) is 13.3 Å². The van der Waals surface area contributed by atoms with E-state index in [1.165, 1.54) is 10.9 Å². The van der Waals surface area contributed by atoms with Gasteiger partial charge in [0.25, 0.3) is 0 Å². The molecule has 1 N–H and O–H groups in total. The van der Waals surface area contributed by atoms with Crippen molar-refractivity contribution in [1.29, 1.82) is 0 Å². The summed E-state index contributed by atoms with van der Waals surface area (Å²) in [6, 6.07) is 10.3. The number of carbonyl (C=O) groups is 1. The molecule has 100 valence electrons. The summed E-state index contributed by atoms with van der Waals surface area (Å²) in [6.07, 6.45) is 7.38. The van der Waals surface area contributed by atoms with Crippen LogP contribution >= 0.6 is 0 Å². The van der Waals surface area contributed by atoms with Crippen molar-refractivity contribution in [3.63, 3.8) is 0 Å². The predicted molar refractivity (Wildman–Crippen MR) is 80.5 cm³/mol. The number of benzene rings is 1. The van der Waals surface area contributed by atoms with Gasteiger partial charge in [0.15, 0.2) is 0 Å². The van der Waals surface area contributed by atoms with Gasteiger partial charge in [0.05, 0.1) is 5.52 Å². The number of fused-ring (bicyclic) bond motifs is 1. The second kappa shape index (κ2) is 5.29. The molecule has 0 aliphatic rings. The second-order valence-electron chi connectivity index (χ2n) is 5.10. The lowest BCUT2D eigenvalue weighted by Gasteiger charge is -2.05. The second-order valence-corrected chi connectivity index (χ2v) is 5.10. The number of hydrogen-bond acceptors (Lipinski definition) is 2. The van der Waals surface area contributed by atoms with Gasteiger partial charge in [-0.05, 0) is 29.7 Å². The van der Waals surface area contributed by atoms with Crippen molar-refractivity contribution < 1.29 is 4.79 Å². The maximum absolute atomic E-state index is 10.8. The number of nitrogens with zero attached hydrogens (tertiary/aromatic N) is 1. The minimum atomic E-state index is 0.0404. The summed E-state index contributed by atoms with van der Waals surface area (Å²) >= 11 is 0. The molecule has 0 saturated carbocycles. The maximum Gasteiger partial charge on any atom is 0.123 e. The molecule has 1 unspecified atom stereocenters. The Morgan fingerprint density at radius 3 is 2.80 bits per heavy atom. The Hall–Kier alpha value is -2.42. The Kier molecular flexibility index (Phi) is 3.33. The Labute approximate surface area is 117 Å². The largest absolute Gasteiger partial charge is 0.360 e. The summed E-state index contributed by atoms with van der Waals surface area (Å²) in [6.45, 7) is 1.94. The molecule has 0 radical (unpaired) electrons. The van der Waals surface area contributed by atoms with Crippen molar-refractivity contribution in [1.82, 2.24) is 9.97 Å². The molecule has 1 atom stereocenters. The number of para-hydroxylation sites is 1. The summed E-state index contributed by atoms with van der Waals surface area (Å²) in [5.41, 5.74) is 4.61. The van der Waals surface area contributed by atoms with Crippen LogP contribution in [0.15, 0.2) is 48.9 Å². The number of rotatable bonds is 4. The lowest BCUT2D eigenvalue weighted by atomic mass is 9.99. The third kappa shape index (κ3) is 2.23. The molecule has 2 aromatic heterocycles. The molecule has 0 fully saturated rings. The van der Waals surface area contributed by atoms with Crippen LogP contribution in [0.25, 0.3) is 22.0 Å². The highest BCUT2D eigenvalue weighted by atomic mass is 16.1. The minimum absolute atomic E-state index is 0.0404. The lowest BCUT2D eigenvalue weighted by Crippen LogP contribution is -1.99. The molecule has 3 nitrogen and oxygen atoms in total. The molecule has 0 aliphatic heterocycles. The Bertz CT molecular complexity index is 731. The van der Waals surface area contributed by atoms with Gasteiger partial charge in [0.1, 0.15) is 6.29 Å². The zero-order valence-corrected chi connectivity index (χ0v) is 11.3. The smallest absolute Gasteiger partial charge is 0.123 e. The zero-order chi connectivity index (χ0) is 13.9. The van der Waals surface area contributed by atoms with Gasteiger partial charge >= 0.3 is 0 Å². The number of aromatic amines is 1. The molecule has 3 rings (SSSR count). The summed E-state index contributed by atoms with van der Waals surface area (Å²) in [5.74, 6) is 0.0404. The van der Waals surface area contributed by atoms with Gasteiger partial charge in [0, 0.05) is 35.5 Å². The SMILES string of the molecule is CC(C=O)Cc1c[nH]c2c(-c3ccncc3)cccc12. The van der Waals surface area contributed by atoms with Crippen LogP contribution in [0.1, 0.15) is 12.5 Å².